The van der Waals surface area contributed by atoms with Crippen molar-refractivity contribution in [1.29, 1.82) is 0 Å². The van der Waals surface area contributed by atoms with Crippen LogP contribution in [0.25, 0.3) is 166 Å². The normalized spacial score (nSPS) is 12.4. The molecule has 1 aliphatic carbocycles. The molecule has 0 radical (unpaired) electrons. The van der Waals surface area contributed by atoms with Gasteiger partial charge in [-0.05, 0) is 356 Å². The number of hydrogen-bond acceptors (Lipinski definition) is 4. The minimum Gasteiger partial charge on any atom is -0.491 e. The summed E-state index contributed by atoms with van der Waals surface area (Å²) in [6, 6.07) is 174. The second kappa shape index (κ2) is 39.5. The molecule has 0 spiro atoms. The molecule has 22 aromatic rings. The van der Waals surface area contributed by atoms with Crippen LogP contribution in [-0.2, 0) is 5.41 Å². The highest BCUT2D eigenvalue weighted by molar-refractivity contribution is 6.13. The minimum absolute atomic E-state index is 0.105. The maximum Gasteiger partial charge on any atom is 0.119 e. The number of anilines is 6. The van der Waals surface area contributed by atoms with E-state index < -0.39 is 0 Å². The molecule has 20 aromatic carbocycles. The van der Waals surface area contributed by atoms with Gasteiger partial charge >= 0.3 is 0 Å². The van der Waals surface area contributed by atoms with E-state index in [0.29, 0.717) is 11.8 Å². The molecule has 2 unspecified atom stereocenters. The Balaban J connectivity index is 0.000000164. The number of benzene rings is 20. The molecular formula is C137H116N4O2. The van der Waals surface area contributed by atoms with E-state index in [0.717, 1.165) is 103 Å². The van der Waals surface area contributed by atoms with Crippen molar-refractivity contribution in [3.63, 3.8) is 0 Å². The highest BCUT2D eigenvalue weighted by atomic mass is 16.5. The van der Waals surface area contributed by atoms with Crippen molar-refractivity contribution < 1.29 is 9.47 Å². The van der Waals surface area contributed by atoms with Crippen LogP contribution in [0.2, 0.25) is 0 Å². The molecule has 0 saturated heterocycles. The maximum absolute atomic E-state index is 6.07. The predicted octanol–water partition coefficient (Wildman–Crippen LogP) is 38.4. The quantitative estimate of drug-likeness (QED) is 0.0571. The van der Waals surface area contributed by atoms with E-state index in [-0.39, 0.29) is 17.6 Å². The SMILES string of the molecule is CCC(C)c1ccc(-c2ccc(-c3ccc4c(c3)c3cc(-c5ccc(N(c6ccc(-c7ccccc7)cc6)c6ccc(-c7ccccc7)cc6)cc5)ccc3n4-c3ccc(OC(C)C)cc3)cc2)cc1.CCC(C)c1ccc(-c2ccc(-c3ccc4c(c3)c3cc(-c5ccc(N(c6ccc(-c7ccccc7)cc6)c6ccc7c(c6)C(C)(C)c6ccccc6-7)cc5)ccc3n4-c3ccc(OC(C)C)cc3)cc2)cc1. The van der Waals surface area contributed by atoms with E-state index in [1.54, 1.807) is 0 Å². The zero-order valence-corrected chi connectivity index (χ0v) is 82.9. The minimum atomic E-state index is -0.118. The highest BCUT2D eigenvalue weighted by Crippen LogP contribution is 2.52. The summed E-state index contributed by atoms with van der Waals surface area (Å²) in [5.74, 6) is 2.87. The Morgan fingerprint density at radius 2 is 0.448 bits per heavy atom. The largest absolute Gasteiger partial charge is 0.491 e. The van der Waals surface area contributed by atoms with Crippen LogP contribution in [0.15, 0.2) is 473 Å². The Morgan fingerprint density at radius 3 is 0.734 bits per heavy atom. The standard InChI is InChI=1S/C70H60N2O.C67H56N2O/c1-7-47(4)48-17-19-50(20-18-48)51-21-23-53(24-22-51)55-29-41-68-64(43-55)65-44-56(30-42-69(65)72(68)59-35-38-61(39-36-59)73-46(2)3)54-27-33-58(34-28-54)71(57-31-25-52(26-32-57)49-13-9-8-10-14-49)60-37-40-63-62-15-11-12-16-66(62)70(5,6)67(63)45-60;1-5-47(4)48-16-18-51(19-17-48)52-20-22-55(23-21-52)57-30-42-66-64(44-57)65-45-58(31-43-67(65)69(66)62-38-40-63(41-39-62)70-46(2)3)56-28-36-61(37-29-56)68(59-32-24-53(25-33-59)49-12-8-6-9-13-49)60-34-26-54(27-35-60)50-14-10-7-11-15-50/h8-47H,7H2,1-6H3;6-47H,5H2,1-4H3. The first-order chi connectivity index (χ1) is 70.0. The van der Waals surface area contributed by atoms with E-state index in [1.807, 2.05) is 0 Å². The average Bonchev–Trinajstić information content (AvgIpc) is 1.59. The lowest BCUT2D eigenvalue weighted by atomic mass is 9.82. The molecule has 143 heavy (non-hydrogen) atoms. The number of ether oxygens (including phenoxy) is 2. The molecule has 696 valence electrons. The van der Waals surface area contributed by atoms with Crippen LogP contribution in [-0.4, -0.2) is 21.3 Å². The molecule has 0 fully saturated rings. The van der Waals surface area contributed by atoms with Gasteiger partial charge < -0.3 is 28.4 Å². The third-order valence-corrected chi connectivity index (χ3v) is 29.2. The second-order valence-electron chi connectivity index (χ2n) is 39.3. The van der Waals surface area contributed by atoms with E-state index in [2.05, 4.69) is 561 Å². The smallest absolute Gasteiger partial charge is 0.119 e. The first-order valence-electron chi connectivity index (χ1n) is 50.6. The lowest BCUT2D eigenvalue weighted by Gasteiger charge is -2.28. The maximum atomic E-state index is 6.07. The van der Waals surface area contributed by atoms with Gasteiger partial charge in [-0.15, -0.1) is 0 Å². The van der Waals surface area contributed by atoms with Crippen LogP contribution in [0.1, 0.15) is 116 Å². The van der Waals surface area contributed by atoms with Crippen molar-refractivity contribution >= 4 is 77.7 Å². The fourth-order valence-corrected chi connectivity index (χ4v) is 21.0. The number of aromatic nitrogens is 2. The Bertz CT molecular complexity index is 8190. The summed E-state index contributed by atoms with van der Waals surface area (Å²) in [5.41, 5.74) is 43.1. The zero-order valence-electron chi connectivity index (χ0n) is 82.9. The van der Waals surface area contributed by atoms with E-state index in [1.165, 1.54) is 144 Å². The first kappa shape index (κ1) is 91.3. The zero-order chi connectivity index (χ0) is 97.4. The number of fused-ring (bicyclic) bond motifs is 9. The molecule has 0 aliphatic heterocycles. The Morgan fingerprint density at radius 1 is 0.217 bits per heavy atom. The van der Waals surface area contributed by atoms with Gasteiger partial charge in [0, 0.05) is 72.5 Å². The van der Waals surface area contributed by atoms with Crippen molar-refractivity contribution in [2.24, 2.45) is 0 Å². The summed E-state index contributed by atoms with van der Waals surface area (Å²) in [5, 5.41) is 4.84. The summed E-state index contributed by atoms with van der Waals surface area (Å²) in [6.07, 6.45) is 2.49. The van der Waals surface area contributed by atoms with Gasteiger partial charge in [0.15, 0.2) is 0 Å². The monoisotopic (exact) mass is 1850 g/mol. The summed E-state index contributed by atoms with van der Waals surface area (Å²) in [6.45, 7) is 22.1. The molecule has 6 heteroatoms. The topological polar surface area (TPSA) is 34.8 Å². The lowest BCUT2D eigenvalue weighted by molar-refractivity contribution is 0.242. The van der Waals surface area contributed by atoms with Gasteiger partial charge in [0.1, 0.15) is 11.5 Å². The van der Waals surface area contributed by atoms with E-state index in [9.17, 15) is 0 Å². The Labute approximate surface area is 841 Å². The van der Waals surface area contributed by atoms with Crippen LogP contribution < -0.4 is 19.3 Å². The molecule has 6 nitrogen and oxygen atoms in total. The fraction of sp³-hybridized carbons (Fsp3) is 0.124. The summed E-state index contributed by atoms with van der Waals surface area (Å²) < 4.78 is 16.9. The van der Waals surface area contributed by atoms with Crippen molar-refractivity contribution in [3.05, 3.63) is 495 Å². The first-order valence-corrected chi connectivity index (χ1v) is 50.6. The van der Waals surface area contributed by atoms with Gasteiger partial charge in [0.2, 0.25) is 0 Å². The molecule has 23 rings (SSSR count). The number of hydrogen-bond donors (Lipinski definition) is 0. The van der Waals surface area contributed by atoms with Crippen molar-refractivity contribution in [2.75, 3.05) is 9.80 Å². The Hall–Kier alpha value is -16.8. The number of nitrogens with zero attached hydrogens (tertiary/aromatic N) is 4. The molecule has 0 bridgehead atoms. The van der Waals surface area contributed by atoms with Gasteiger partial charge in [-0.25, -0.2) is 0 Å². The van der Waals surface area contributed by atoms with Crippen LogP contribution in [0.5, 0.6) is 11.5 Å². The summed E-state index contributed by atoms with van der Waals surface area (Å²) >= 11 is 0. The molecule has 2 aromatic heterocycles. The third-order valence-electron chi connectivity index (χ3n) is 29.2. The number of rotatable bonds is 25. The third kappa shape index (κ3) is 18.4. The molecular weight excluding hydrogens is 1730 g/mol. The highest BCUT2D eigenvalue weighted by Gasteiger charge is 2.36. The van der Waals surface area contributed by atoms with E-state index >= 15 is 0 Å². The van der Waals surface area contributed by atoms with Gasteiger partial charge in [-0.2, -0.15) is 0 Å². The van der Waals surface area contributed by atoms with Crippen molar-refractivity contribution in [2.45, 2.75) is 112 Å². The van der Waals surface area contributed by atoms with Gasteiger partial charge in [0.05, 0.1) is 34.3 Å². The molecule has 0 amide bonds. The molecule has 0 saturated carbocycles. The molecule has 1 aliphatic rings. The van der Waals surface area contributed by atoms with Gasteiger partial charge in [0.25, 0.3) is 0 Å². The molecule has 0 N–H and O–H groups in total. The molecule has 2 atom stereocenters. The van der Waals surface area contributed by atoms with Crippen LogP contribution in [0, 0.1) is 0 Å². The predicted molar refractivity (Wildman–Crippen MR) is 606 cm³/mol. The lowest BCUT2D eigenvalue weighted by Crippen LogP contribution is -2.16. The van der Waals surface area contributed by atoms with E-state index in [4.69, 9.17) is 9.47 Å². The molecule has 2 heterocycles. The fourth-order valence-electron chi connectivity index (χ4n) is 21.0. The van der Waals surface area contributed by atoms with Crippen LogP contribution >= 0.6 is 0 Å². The summed E-state index contributed by atoms with van der Waals surface area (Å²) in [7, 11) is 0. The van der Waals surface area contributed by atoms with Crippen molar-refractivity contribution in [1.82, 2.24) is 9.13 Å². The second-order valence-corrected chi connectivity index (χ2v) is 39.3. The summed E-state index contributed by atoms with van der Waals surface area (Å²) in [4.78, 5) is 4.75. The van der Waals surface area contributed by atoms with Gasteiger partial charge in [-0.1, -0.05) is 345 Å². The van der Waals surface area contributed by atoms with Crippen LogP contribution in [0.4, 0.5) is 34.1 Å². The van der Waals surface area contributed by atoms with Gasteiger partial charge in [-0.3, -0.25) is 0 Å². The Kier molecular flexibility index (Phi) is 25.2. The van der Waals surface area contributed by atoms with Crippen molar-refractivity contribution in [3.8, 4) is 134 Å². The average molecular weight is 1850 g/mol. The van der Waals surface area contributed by atoms with Crippen LogP contribution in [0.3, 0.4) is 0 Å².